The molecule has 0 aromatic carbocycles. The first-order valence-corrected chi connectivity index (χ1v) is 9.92. The summed E-state index contributed by atoms with van der Waals surface area (Å²) in [7, 11) is 0. The van der Waals surface area contributed by atoms with Gasteiger partial charge < -0.3 is 10.4 Å². The number of carbonyl (C=O) groups is 1. The van der Waals surface area contributed by atoms with Crippen LogP contribution in [-0.2, 0) is 17.6 Å². The quantitative estimate of drug-likeness (QED) is 0.617. The standard InChI is InChI=1S/C21H28N4O2/c26-20(27)12-17(18-13-22-15-23-14-18)6-3-1-2-4-8-19-10-9-16-7-5-11-24-21(16)25-19/h9-10,13-15,17H,1-8,11-12H2,(H,24,25)(H,26,27)/t17-/m0/s1. The van der Waals surface area contributed by atoms with Crippen molar-refractivity contribution < 1.29 is 9.90 Å². The van der Waals surface area contributed by atoms with Crippen LogP contribution in [-0.4, -0.2) is 32.6 Å². The predicted octanol–water partition coefficient (Wildman–Crippen LogP) is 3.98. The van der Waals surface area contributed by atoms with Gasteiger partial charge in [0, 0.05) is 24.6 Å². The third-order valence-electron chi connectivity index (χ3n) is 5.16. The minimum atomic E-state index is -0.768. The summed E-state index contributed by atoms with van der Waals surface area (Å²) in [6.45, 7) is 1.02. The molecule has 3 heterocycles. The summed E-state index contributed by atoms with van der Waals surface area (Å²) in [5.41, 5.74) is 3.42. The fourth-order valence-corrected chi connectivity index (χ4v) is 3.68. The maximum atomic E-state index is 11.1. The third kappa shape index (κ3) is 6.01. The monoisotopic (exact) mass is 368 g/mol. The third-order valence-corrected chi connectivity index (χ3v) is 5.16. The van der Waals surface area contributed by atoms with Crippen LogP contribution in [0.4, 0.5) is 5.82 Å². The van der Waals surface area contributed by atoms with Crippen LogP contribution in [0.2, 0.25) is 0 Å². The van der Waals surface area contributed by atoms with Gasteiger partial charge in [-0.3, -0.25) is 4.79 Å². The molecule has 0 amide bonds. The van der Waals surface area contributed by atoms with Crippen LogP contribution >= 0.6 is 0 Å². The molecule has 6 nitrogen and oxygen atoms in total. The lowest BCUT2D eigenvalue weighted by molar-refractivity contribution is -0.137. The lowest BCUT2D eigenvalue weighted by atomic mass is 9.92. The smallest absolute Gasteiger partial charge is 0.303 e. The molecule has 144 valence electrons. The molecule has 2 aromatic rings. The molecule has 3 rings (SSSR count). The van der Waals surface area contributed by atoms with E-state index in [-0.39, 0.29) is 12.3 Å². The number of nitrogens with one attached hydrogen (secondary N) is 1. The molecule has 1 aliphatic heterocycles. The van der Waals surface area contributed by atoms with Crippen LogP contribution in [0.15, 0.2) is 30.9 Å². The summed E-state index contributed by atoms with van der Waals surface area (Å²) >= 11 is 0. The Labute approximate surface area is 160 Å². The average molecular weight is 368 g/mol. The van der Waals surface area contributed by atoms with E-state index < -0.39 is 5.97 Å². The highest BCUT2D eigenvalue weighted by molar-refractivity contribution is 5.68. The van der Waals surface area contributed by atoms with Gasteiger partial charge in [0.1, 0.15) is 12.1 Å². The molecule has 2 aromatic heterocycles. The Balaban J connectivity index is 1.38. The van der Waals surface area contributed by atoms with Gasteiger partial charge in [0.25, 0.3) is 0 Å². The summed E-state index contributed by atoms with van der Waals surface area (Å²) in [6, 6.07) is 4.37. The first-order chi connectivity index (χ1) is 13.2. The number of rotatable bonds is 10. The molecule has 1 atom stereocenters. The van der Waals surface area contributed by atoms with Crippen LogP contribution in [0, 0.1) is 0 Å². The fourth-order valence-electron chi connectivity index (χ4n) is 3.68. The van der Waals surface area contributed by atoms with Crippen molar-refractivity contribution in [3.63, 3.8) is 0 Å². The number of fused-ring (bicyclic) bond motifs is 1. The van der Waals surface area contributed by atoms with Crippen LogP contribution in [0.3, 0.4) is 0 Å². The maximum Gasteiger partial charge on any atom is 0.303 e. The van der Waals surface area contributed by atoms with E-state index in [0.717, 1.165) is 68.6 Å². The lowest BCUT2D eigenvalue weighted by Gasteiger charge is -2.17. The van der Waals surface area contributed by atoms with Crippen molar-refractivity contribution in [3.05, 3.63) is 47.7 Å². The van der Waals surface area contributed by atoms with E-state index in [4.69, 9.17) is 10.1 Å². The number of anilines is 1. The van der Waals surface area contributed by atoms with Gasteiger partial charge in [-0.2, -0.15) is 0 Å². The first-order valence-electron chi connectivity index (χ1n) is 9.92. The zero-order valence-electron chi connectivity index (χ0n) is 15.7. The normalized spacial score (nSPS) is 14.2. The minimum Gasteiger partial charge on any atom is -0.481 e. The van der Waals surface area contributed by atoms with E-state index in [0.29, 0.717) is 0 Å². The van der Waals surface area contributed by atoms with E-state index in [1.165, 1.54) is 18.3 Å². The zero-order valence-corrected chi connectivity index (χ0v) is 15.7. The fraction of sp³-hybridized carbons (Fsp3) is 0.524. The SMILES string of the molecule is O=C(O)C[C@H](CCCCCCc1ccc2c(n1)NCCC2)c1cncnc1. The molecule has 0 radical (unpaired) electrons. The topological polar surface area (TPSA) is 88.0 Å². The molecule has 0 spiro atoms. The number of hydrogen-bond donors (Lipinski definition) is 2. The highest BCUT2D eigenvalue weighted by Gasteiger charge is 2.16. The molecular weight excluding hydrogens is 340 g/mol. The van der Waals surface area contributed by atoms with E-state index in [9.17, 15) is 4.79 Å². The minimum absolute atomic E-state index is 0.00270. The molecule has 6 heteroatoms. The van der Waals surface area contributed by atoms with Gasteiger partial charge in [0.2, 0.25) is 0 Å². The zero-order chi connectivity index (χ0) is 18.9. The van der Waals surface area contributed by atoms with Crippen molar-refractivity contribution in [1.29, 1.82) is 0 Å². The molecule has 0 bridgehead atoms. The number of aromatic nitrogens is 3. The van der Waals surface area contributed by atoms with Crippen LogP contribution < -0.4 is 5.32 Å². The second-order valence-corrected chi connectivity index (χ2v) is 7.26. The Morgan fingerprint density at radius 3 is 2.78 bits per heavy atom. The number of carboxylic acids is 1. The van der Waals surface area contributed by atoms with Crippen molar-refractivity contribution in [2.24, 2.45) is 0 Å². The van der Waals surface area contributed by atoms with Gasteiger partial charge in [-0.05, 0) is 55.2 Å². The number of aliphatic carboxylic acids is 1. The highest BCUT2D eigenvalue weighted by Crippen LogP contribution is 2.25. The van der Waals surface area contributed by atoms with Gasteiger partial charge in [0.05, 0.1) is 6.42 Å². The molecule has 0 fully saturated rings. The highest BCUT2D eigenvalue weighted by atomic mass is 16.4. The number of pyridine rings is 1. The Kier molecular flexibility index (Phi) is 7.13. The second-order valence-electron chi connectivity index (χ2n) is 7.26. The lowest BCUT2D eigenvalue weighted by Crippen LogP contribution is -2.13. The molecule has 0 saturated heterocycles. The Bertz CT molecular complexity index is 736. The van der Waals surface area contributed by atoms with Crippen molar-refractivity contribution in [1.82, 2.24) is 15.0 Å². The van der Waals surface area contributed by atoms with Gasteiger partial charge in [0.15, 0.2) is 0 Å². The molecule has 1 aliphatic rings. The molecule has 0 unspecified atom stereocenters. The van der Waals surface area contributed by atoms with Crippen LogP contribution in [0.25, 0.3) is 0 Å². The molecule has 0 saturated carbocycles. The number of unbranched alkanes of at least 4 members (excludes halogenated alkanes) is 3. The predicted molar refractivity (Wildman–Crippen MR) is 105 cm³/mol. The van der Waals surface area contributed by atoms with Crippen LogP contribution in [0.5, 0.6) is 0 Å². The summed E-state index contributed by atoms with van der Waals surface area (Å²) in [6.07, 6.45) is 13.6. The van der Waals surface area contributed by atoms with E-state index in [1.54, 1.807) is 12.4 Å². The molecule has 2 N–H and O–H groups in total. The van der Waals surface area contributed by atoms with E-state index in [1.807, 2.05) is 0 Å². The summed E-state index contributed by atoms with van der Waals surface area (Å²) in [5.74, 6) is 0.299. The molecule has 27 heavy (non-hydrogen) atoms. The number of aryl methyl sites for hydroxylation is 2. The number of hydrogen-bond acceptors (Lipinski definition) is 5. The summed E-state index contributed by atoms with van der Waals surface area (Å²) in [4.78, 5) is 23.9. The van der Waals surface area contributed by atoms with Crippen LogP contribution in [0.1, 0.15) is 67.7 Å². The Morgan fingerprint density at radius 1 is 1.15 bits per heavy atom. The largest absolute Gasteiger partial charge is 0.481 e. The van der Waals surface area contributed by atoms with Crippen molar-refractivity contribution in [2.45, 2.75) is 63.7 Å². The van der Waals surface area contributed by atoms with Gasteiger partial charge >= 0.3 is 5.97 Å². The second kappa shape index (κ2) is 10.00. The van der Waals surface area contributed by atoms with Gasteiger partial charge in [-0.15, -0.1) is 0 Å². The van der Waals surface area contributed by atoms with Crippen molar-refractivity contribution in [3.8, 4) is 0 Å². The summed E-state index contributed by atoms with van der Waals surface area (Å²) in [5, 5.41) is 12.5. The Morgan fingerprint density at radius 2 is 1.96 bits per heavy atom. The van der Waals surface area contributed by atoms with Crippen molar-refractivity contribution >= 4 is 11.8 Å². The van der Waals surface area contributed by atoms with Crippen molar-refractivity contribution in [2.75, 3.05) is 11.9 Å². The molecule has 0 aliphatic carbocycles. The van der Waals surface area contributed by atoms with E-state index in [2.05, 4.69) is 27.4 Å². The van der Waals surface area contributed by atoms with Gasteiger partial charge in [-0.1, -0.05) is 25.3 Å². The number of nitrogens with zero attached hydrogens (tertiary/aromatic N) is 3. The number of carboxylic acid groups (broad SMARTS) is 1. The average Bonchev–Trinajstić information content (AvgIpc) is 2.70. The molecular formula is C21H28N4O2. The van der Waals surface area contributed by atoms with Gasteiger partial charge in [-0.25, -0.2) is 15.0 Å². The van der Waals surface area contributed by atoms with E-state index >= 15 is 0 Å². The maximum absolute atomic E-state index is 11.1. The summed E-state index contributed by atoms with van der Waals surface area (Å²) < 4.78 is 0. The Hall–Kier alpha value is -2.50. The first kappa shape index (κ1) is 19.3.